The molecule has 0 aliphatic rings. The smallest absolute Gasteiger partial charge is 0.106 e. The number of rotatable bonds is 7. The lowest BCUT2D eigenvalue weighted by Crippen LogP contribution is -2.20. The molecule has 0 aliphatic carbocycles. The number of benzene rings is 1. The maximum Gasteiger partial charge on any atom is 0.106 e. The summed E-state index contributed by atoms with van der Waals surface area (Å²) >= 11 is 0. The molecule has 0 heterocycles. The van der Waals surface area contributed by atoms with Crippen molar-refractivity contribution in [3.63, 3.8) is 0 Å². The van der Waals surface area contributed by atoms with Crippen molar-refractivity contribution in [1.29, 1.82) is 0 Å². The van der Waals surface area contributed by atoms with Gasteiger partial charge in [-0.05, 0) is 18.2 Å². The molecule has 2 atom stereocenters. The molecule has 96 valence electrons. The van der Waals surface area contributed by atoms with Gasteiger partial charge in [0.25, 0.3) is 0 Å². The van der Waals surface area contributed by atoms with Crippen LogP contribution in [0.4, 0.5) is 0 Å². The van der Waals surface area contributed by atoms with Crippen molar-refractivity contribution in [2.24, 2.45) is 0 Å². The zero-order valence-electron chi connectivity index (χ0n) is 10.6. The van der Waals surface area contributed by atoms with Gasteiger partial charge in [-0.3, -0.25) is 0 Å². The summed E-state index contributed by atoms with van der Waals surface area (Å²) < 4.78 is 10.5. The first kappa shape index (κ1) is 14.1. The second-order valence-electron chi connectivity index (χ2n) is 3.88. The van der Waals surface area contributed by atoms with E-state index in [0.717, 1.165) is 11.1 Å². The third-order valence-electron chi connectivity index (χ3n) is 2.70. The number of hydrogen-bond acceptors (Lipinski definition) is 4. The van der Waals surface area contributed by atoms with E-state index in [1.165, 1.54) is 0 Å². The molecule has 17 heavy (non-hydrogen) atoms. The van der Waals surface area contributed by atoms with Gasteiger partial charge in [0.05, 0.1) is 12.7 Å². The van der Waals surface area contributed by atoms with Gasteiger partial charge >= 0.3 is 0 Å². The molecular formula is C13H21NO3. The van der Waals surface area contributed by atoms with Crippen LogP contribution in [0, 0.1) is 0 Å². The Kier molecular flexibility index (Phi) is 6.15. The highest BCUT2D eigenvalue weighted by atomic mass is 16.5. The van der Waals surface area contributed by atoms with Gasteiger partial charge < -0.3 is 19.9 Å². The second kappa shape index (κ2) is 7.40. The summed E-state index contributed by atoms with van der Waals surface area (Å²) in [7, 11) is 5.10. The first-order valence-electron chi connectivity index (χ1n) is 5.67. The minimum atomic E-state index is -0.536. The van der Waals surface area contributed by atoms with Crippen LogP contribution in [0.3, 0.4) is 0 Å². The van der Waals surface area contributed by atoms with Crippen LogP contribution in [0.25, 0.3) is 0 Å². The van der Waals surface area contributed by atoms with Gasteiger partial charge in [-0.25, -0.2) is 0 Å². The zero-order chi connectivity index (χ0) is 12.7. The van der Waals surface area contributed by atoms with Crippen LogP contribution in [-0.4, -0.2) is 39.5 Å². The van der Waals surface area contributed by atoms with Crippen molar-refractivity contribution in [3.05, 3.63) is 35.4 Å². The highest BCUT2D eigenvalue weighted by Gasteiger charge is 2.18. The van der Waals surface area contributed by atoms with Crippen molar-refractivity contribution in [2.45, 2.75) is 12.2 Å². The SMILES string of the molecule is CNCC(O)c1ccccc1C(COC)OC. The van der Waals surface area contributed by atoms with E-state index >= 15 is 0 Å². The van der Waals surface area contributed by atoms with Gasteiger partial charge in [-0.1, -0.05) is 24.3 Å². The standard InChI is InChI=1S/C13H21NO3/c1-14-8-12(15)10-6-4-5-7-11(10)13(17-3)9-16-2/h4-7,12-15H,8-9H2,1-3H3. The third kappa shape index (κ3) is 3.78. The van der Waals surface area contributed by atoms with Crippen LogP contribution in [0.2, 0.25) is 0 Å². The molecule has 0 aliphatic heterocycles. The quantitative estimate of drug-likeness (QED) is 0.752. The average Bonchev–Trinajstić information content (AvgIpc) is 2.36. The molecule has 0 radical (unpaired) electrons. The summed E-state index contributed by atoms with van der Waals surface area (Å²) in [4.78, 5) is 0. The van der Waals surface area contributed by atoms with Gasteiger partial charge in [-0.2, -0.15) is 0 Å². The summed E-state index contributed by atoms with van der Waals surface area (Å²) in [5.41, 5.74) is 1.85. The number of aliphatic hydroxyl groups is 1. The highest BCUT2D eigenvalue weighted by molar-refractivity contribution is 5.31. The highest BCUT2D eigenvalue weighted by Crippen LogP contribution is 2.25. The average molecular weight is 239 g/mol. The molecule has 0 fully saturated rings. The van der Waals surface area contributed by atoms with E-state index in [9.17, 15) is 5.11 Å². The summed E-state index contributed by atoms with van der Waals surface area (Å²) in [5.74, 6) is 0. The molecule has 4 heteroatoms. The lowest BCUT2D eigenvalue weighted by Gasteiger charge is -2.21. The number of ether oxygens (including phenoxy) is 2. The van der Waals surface area contributed by atoms with E-state index in [2.05, 4.69) is 5.32 Å². The lowest BCUT2D eigenvalue weighted by molar-refractivity contribution is 0.0253. The van der Waals surface area contributed by atoms with Crippen molar-refractivity contribution >= 4 is 0 Å². The Labute approximate surface area is 103 Å². The van der Waals surface area contributed by atoms with Crippen LogP contribution in [0.5, 0.6) is 0 Å². The first-order chi connectivity index (χ1) is 8.24. The Bertz CT molecular complexity index is 330. The van der Waals surface area contributed by atoms with Crippen LogP contribution >= 0.6 is 0 Å². The fourth-order valence-electron chi connectivity index (χ4n) is 1.85. The molecule has 2 N–H and O–H groups in total. The van der Waals surface area contributed by atoms with E-state index in [4.69, 9.17) is 9.47 Å². The monoisotopic (exact) mass is 239 g/mol. The Morgan fingerprint density at radius 2 is 1.88 bits per heavy atom. The van der Waals surface area contributed by atoms with Crippen molar-refractivity contribution < 1.29 is 14.6 Å². The predicted octanol–water partition coefficient (Wildman–Crippen LogP) is 1.27. The van der Waals surface area contributed by atoms with Crippen LogP contribution in [0.15, 0.2) is 24.3 Å². The van der Waals surface area contributed by atoms with Gasteiger partial charge in [-0.15, -0.1) is 0 Å². The number of nitrogens with one attached hydrogen (secondary N) is 1. The molecule has 1 aromatic carbocycles. The number of likely N-dealkylation sites (N-methyl/N-ethyl adjacent to an activating group) is 1. The normalized spacial score (nSPS) is 14.6. The minimum Gasteiger partial charge on any atom is -0.387 e. The molecule has 0 saturated carbocycles. The summed E-state index contributed by atoms with van der Waals surface area (Å²) in [6.07, 6.45) is -0.687. The van der Waals surface area contributed by atoms with E-state index in [1.807, 2.05) is 31.3 Å². The van der Waals surface area contributed by atoms with Crippen molar-refractivity contribution in [1.82, 2.24) is 5.32 Å². The van der Waals surface area contributed by atoms with Crippen molar-refractivity contribution in [3.8, 4) is 0 Å². The fraction of sp³-hybridized carbons (Fsp3) is 0.538. The predicted molar refractivity (Wildman–Crippen MR) is 67.0 cm³/mol. The maximum absolute atomic E-state index is 10.1. The molecule has 0 saturated heterocycles. The number of hydrogen-bond donors (Lipinski definition) is 2. The summed E-state index contributed by atoms with van der Waals surface area (Å²) in [6, 6.07) is 7.73. The molecule has 0 spiro atoms. The molecule has 0 bridgehead atoms. The first-order valence-corrected chi connectivity index (χ1v) is 5.67. The number of methoxy groups -OCH3 is 2. The largest absolute Gasteiger partial charge is 0.387 e. The van der Waals surface area contributed by atoms with E-state index < -0.39 is 6.10 Å². The van der Waals surface area contributed by atoms with E-state index in [-0.39, 0.29) is 6.10 Å². The number of aliphatic hydroxyl groups excluding tert-OH is 1. The van der Waals surface area contributed by atoms with Crippen LogP contribution in [0.1, 0.15) is 23.3 Å². The van der Waals surface area contributed by atoms with Crippen LogP contribution < -0.4 is 5.32 Å². The molecule has 0 aromatic heterocycles. The Morgan fingerprint density at radius 1 is 1.24 bits per heavy atom. The molecule has 1 aromatic rings. The van der Waals surface area contributed by atoms with Gasteiger partial charge in [0.15, 0.2) is 0 Å². The topological polar surface area (TPSA) is 50.7 Å². The fourth-order valence-corrected chi connectivity index (χ4v) is 1.85. The molecule has 2 unspecified atom stereocenters. The van der Waals surface area contributed by atoms with E-state index in [1.54, 1.807) is 14.2 Å². The lowest BCUT2D eigenvalue weighted by atomic mass is 9.98. The van der Waals surface area contributed by atoms with E-state index in [0.29, 0.717) is 13.2 Å². The Morgan fingerprint density at radius 3 is 2.41 bits per heavy atom. The molecule has 0 amide bonds. The third-order valence-corrected chi connectivity index (χ3v) is 2.70. The van der Waals surface area contributed by atoms with Crippen LogP contribution in [-0.2, 0) is 9.47 Å². The summed E-state index contributed by atoms with van der Waals surface area (Å²) in [5, 5.41) is 13.0. The van der Waals surface area contributed by atoms with Crippen molar-refractivity contribution in [2.75, 3.05) is 34.4 Å². The van der Waals surface area contributed by atoms with Gasteiger partial charge in [0, 0.05) is 20.8 Å². The summed E-state index contributed by atoms with van der Waals surface area (Å²) in [6.45, 7) is 0.986. The Hall–Kier alpha value is -0.940. The van der Waals surface area contributed by atoms with Gasteiger partial charge in [0.1, 0.15) is 6.10 Å². The second-order valence-corrected chi connectivity index (χ2v) is 3.88. The molecule has 1 rings (SSSR count). The maximum atomic E-state index is 10.1. The Balaban J connectivity index is 2.96. The molecule has 4 nitrogen and oxygen atoms in total. The minimum absolute atomic E-state index is 0.150. The van der Waals surface area contributed by atoms with Gasteiger partial charge in [0.2, 0.25) is 0 Å². The zero-order valence-corrected chi connectivity index (χ0v) is 10.6. The molecular weight excluding hydrogens is 218 g/mol.